The van der Waals surface area contributed by atoms with Crippen LogP contribution in [-0.2, 0) is 17.9 Å². The van der Waals surface area contributed by atoms with Crippen LogP contribution in [0.15, 0.2) is 24.3 Å². The van der Waals surface area contributed by atoms with E-state index in [1.807, 2.05) is 12.1 Å². The standard InChI is InChI=1S/C19H28N2O2/c22-15-18-6-4-16(5-7-18)13-20-11-8-17(9-12-20)14-21-10-2-1-3-19(21)23/h4-7,17,22H,1-3,8-15H2. The lowest BCUT2D eigenvalue weighted by molar-refractivity contribution is -0.134. The number of aliphatic hydroxyl groups is 1. The number of amides is 1. The molecule has 2 aliphatic heterocycles. The summed E-state index contributed by atoms with van der Waals surface area (Å²) in [6.07, 6.45) is 5.39. The molecule has 0 aromatic heterocycles. The van der Waals surface area contributed by atoms with Crippen molar-refractivity contribution in [2.45, 2.75) is 45.3 Å². The number of aliphatic hydroxyl groups excluding tert-OH is 1. The van der Waals surface area contributed by atoms with Crippen LogP contribution in [0.3, 0.4) is 0 Å². The average molecular weight is 316 g/mol. The van der Waals surface area contributed by atoms with Crippen LogP contribution in [0.2, 0.25) is 0 Å². The Balaban J connectivity index is 1.43. The first-order chi connectivity index (χ1) is 11.2. The van der Waals surface area contributed by atoms with Gasteiger partial charge in [-0.3, -0.25) is 9.69 Å². The summed E-state index contributed by atoms with van der Waals surface area (Å²) in [7, 11) is 0. The molecule has 1 aromatic rings. The lowest BCUT2D eigenvalue weighted by Crippen LogP contribution is -2.42. The number of nitrogens with zero attached hydrogens (tertiary/aromatic N) is 2. The Morgan fingerprint density at radius 1 is 1.00 bits per heavy atom. The summed E-state index contributed by atoms with van der Waals surface area (Å²) in [5.41, 5.74) is 2.28. The van der Waals surface area contributed by atoms with E-state index in [1.165, 1.54) is 24.8 Å². The Morgan fingerprint density at radius 3 is 2.35 bits per heavy atom. The minimum Gasteiger partial charge on any atom is -0.392 e. The lowest BCUT2D eigenvalue weighted by Gasteiger charge is -2.36. The number of benzene rings is 1. The molecule has 23 heavy (non-hydrogen) atoms. The topological polar surface area (TPSA) is 43.8 Å². The molecule has 2 fully saturated rings. The van der Waals surface area contributed by atoms with Crippen molar-refractivity contribution in [1.29, 1.82) is 0 Å². The first-order valence-corrected chi connectivity index (χ1v) is 8.93. The Morgan fingerprint density at radius 2 is 1.70 bits per heavy atom. The number of carbonyl (C=O) groups is 1. The van der Waals surface area contributed by atoms with Crippen molar-refractivity contribution in [3.63, 3.8) is 0 Å². The van der Waals surface area contributed by atoms with E-state index in [0.717, 1.165) is 51.1 Å². The van der Waals surface area contributed by atoms with Gasteiger partial charge >= 0.3 is 0 Å². The molecule has 1 aromatic carbocycles. The molecule has 2 saturated heterocycles. The van der Waals surface area contributed by atoms with Crippen LogP contribution in [0.5, 0.6) is 0 Å². The molecule has 0 aliphatic carbocycles. The van der Waals surface area contributed by atoms with Crippen molar-refractivity contribution < 1.29 is 9.90 Å². The summed E-state index contributed by atoms with van der Waals surface area (Å²) in [4.78, 5) is 16.5. The second-order valence-electron chi connectivity index (χ2n) is 6.99. The summed E-state index contributed by atoms with van der Waals surface area (Å²) in [6.45, 7) is 5.28. The normalized spacial score (nSPS) is 20.9. The van der Waals surface area contributed by atoms with Crippen LogP contribution in [-0.4, -0.2) is 47.0 Å². The highest BCUT2D eigenvalue weighted by atomic mass is 16.3. The molecule has 0 unspecified atom stereocenters. The maximum atomic E-state index is 11.9. The smallest absolute Gasteiger partial charge is 0.222 e. The van der Waals surface area contributed by atoms with E-state index in [2.05, 4.69) is 21.9 Å². The highest BCUT2D eigenvalue weighted by Crippen LogP contribution is 2.22. The molecule has 0 bridgehead atoms. The monoisotopic (exact) mass is 316 g/mol. The molecule has 0 spiro atoms. The van der Waals surface area contributed by atoms with Crippen LogP contribution in [0.1, 0.15) is 43.2 Å². The van der Waals surface area contributed by atoms with Gasteiger partial charge in [-0.15, -0.1) is 0 Å². The van der Waals surface area contributed by atoms with E-state index < -0.39 is 0 Å². The summed E-state index contributed by atoms with van der Waals surface area (Å²) in [5, 5.41) is 9.09. The lowest BCUT2D eigenvalue weighted by atomic mass is 9.95. The van der Waals surface area contributed by atoms with Crippen molar-refractivity contribution in [1.82, 2.24) is 9.80 Å². The first kappa shape index (κ1) is 16.5. The molecule has 4 nitrogen and oxygen atoms in total. The summed E-state index contributed by atoms with van der Waals surface area (Å²) < 4.78 is 0. The average Bonchev–Trinajstić information content (AvgIpc) is 2.59. The summed E-state index contributed by atoms with van der Waals surface area (Å²) >= 11 is 0. The second-order valence-corrected chi connectivity index (χ2v) is 6.99. The molecule has 2 heterocycles. The van der Waals surface area contributed by atoms with Gasteiger partial charge in [0.2, 0.25) is 5.91 Å². The van der Waals surface area contributed by atoms with Crippen LogP contribution in [0, 0.1) is 5.92 Å². The van der Waals surface area contributed by atoms with Gasteiger partial charge in [-0.05, 0) is 55.8 Å². The van der Waals surface area contributed by atoms with Gasteiger partial charge in [0.1, 0.15) is 0 Å². The van der Waals surface area contributed by atoms with E-state index in [9.17, 15) is 4.79 Å². The Bertz CT molecular complexity index is 507. The third-order valence-corrected chi connectivity index (χ3v) is 5.22. The molecular weight excluding hydrogens is 288 g/mol. The highest BCUT2D eigenvalue weighted by Gasteiger charge is 2.25. The fourth-order valence-corrected chi connectivity index (χ4v) is 3.70. The van der Waals surface area contributed by atoms with Gasteiger partial charge in [-0.2, -0.15) is 0 Å². The summed E-state index contributed by atoms with van der Waals surface area (Å²) in [6, 6.07) is 8.24. The molecule has 1 amide bonds. The molecule has 3 rings (SSSR count). The van der Waals surface area contributed by atoms with E-state index in [0.29, 0.717) is 11.8 Å². The van der Waals surface area contributed by atoms with Gasteiger partial charge in [0.15, 0.2) is 0 Å². The van der Waals surface area contributed by atoms with Crippen LogP contribution >= 0.6 is 0 Å². The number of piperidine rings is 2. The molecule has 0 radical (unpaired) electrons. The van der Waals surface area contributed by atoms with Crippen molar-refractivity contribution in [3.05, 3.63) is 35.4 Å². The highest BCUT2D eigenvalue weighted by molar-refractivity contribution is 5.76. The number of rotatable bonds is 5. The maximum Gasteiger partial charge on any atom is 0.222 e. The number of likely N-dealkylation sites (tertiary alicyclic amines) is 2. The van der Waals surface area contributed by atoms with Crippen LogP contribution in [0.4, 0.5) is 0 Å². The zero-order valence-electron chi connectivity index (χ0n) is 13.9. The first-order valence-electron chi connectivity index (χ1n) is 8.93. The molecule has 0 atom stereocenters. The maximum absolute atomic E-state index is 11.9. The van der Waals surface area contributed by atoms with E-state index in [1.54, 1.807) is 0 Å². The minimum atomic E-state index is 0.112. The quantitative estimate of drug-likeness (QED) is 0.907. The Hall–Kier alpha value is -1.39. The van der Waals surface area contributed by atoms with E-state index in [4.69, 9.17) is 5.11 Å². The largest absolute Gasteiger partial charge is 0.392 e. The molecule has 126 valence electrons. The molecule has 2 aliphatic rings. The van der Waals surface area contributed by atoms with Gasteiger partial charge in [-0.25, -0.2) is 0 Å². The van der Waals surface area contributed by atoms with Crippen molar-refractivity contribution in [3.8, 4) is 0 Å². The third-order valence-electron chi connectivity index (χ3n) is 5.22. The molecule has 0 saturated carbocycles. The molecule has 1 N–H and O–H groups in total. The molecule has 4 heteroatoms. The third kappa shape index (κ3) is 4.55. The van der Waals surface area contributed by atoms with Crippen LogP contribution < -0.4 is 0 Å². The number of hydrogen-bond acceptors (Lipinski definition) is 3. The van der Waals surface area contributed by atoms with Crippen molar-refractivity contribution in [2.75, 3.05) is 26.2 Å². The fraction of sp³-hybridized carbons (Fsp3) is 0.632. The van der Waals surface area contributed by atoms with Crippen molar-refractivity contribution >= 4 is 5.91 Å². The van der Waals surface area contributed by atoms with Gasteiger partial charge < -0.3 is 10.0 Å². The van der Waals surface area contributed by atoms with E-state index >= 15 is 0 Å². The number of hydrogen-bond donors (Lipinski definition) is 1. The van der Waals surface area contributed by atoms with Crippen LogP contribution in [0.25, 0.3) is 0 Å². The van der Waals surface area contributed by atoms with Gasteiger partial charge in [0, 0.05) is 26.1 Å². The second kappa shape index (κ2) is 7.93. The van der Waals surface area contributed by atoms with Gasteiger partial charge in [0.05, 0.1) is 6.61 Å². The Kier molecular flexibility index (Phi) is 5.68. The zero-order valence-corrected chi connectivity index (χ0v) is 13.9. The molecular formula is C19H28N2O2. The SMILES string of the molecule is O=C1CCCCN1CC1CCN(Cc2ccc(CO)cc2)CC1. The fourth-order valence-electron chi connectivity index (χ4n) is 3.70. The summed E-state index contributed by atoms with van der Waals surface area (Å²) in [5.74, 6) is 1.03. The Labute approximate surface area is 139 Å². The number of carbonyl (C=O) groups excluding carboxylic acids is 1. The minimum absolute atomic E-state index is 0.112. The predicted molar refractivity (Wildman–Crippen MR) is 90.8 cm³/mol. The van der Waals surface area contributed by atoms with Crippen molar-refractivity contribution in [2.24, 2.45) is 5.92 Å². The predicted octanol–water partition coefficient (Wildman–Crippen LogP) is 2.40. The zero-order chi connectivity index (χ0) is 16.1. The van der Waals surface area contributed by atoms with Gasteiger partial charge in [-0.1, -0.05) is 24.3 Å². The van der Waals surface area contributed by atoms with E-state index in [-0.39, 0.29) is 6.61 Å². The van der Waals surface area contributed by atoms with Gasteiger partial charge in [0.25, 0.3) is 0 Å².